The van der Waals surface area contributed by atoms with Crippen molar-refractivity contribution in [1.82, 2.24) is 4.90 Å². The molecule has 1 heterocycles. The molecule has 128 valence electrons. The van der Waals surface area contributed by atoms with Crippen LogP contribution in [-0.4, -0.2) is 35.7 Å². The maximum Gasteiger partial charge on any atom is 0.410 e. The molecule has 1 fully saturated rings. The zero-order chi connectivity index (χ0) is 17.2. The van der Waals surface area contributed by atoms with Crippen molar-refractivity contribution in [3.05, 3.63) is 28.0 Å². The molecule has 2 rings (SSSR count). The summed E-state index contributed by atoms with van der Waals surface area (Å²) in [6, 6.07) is 2.58. The van der Waals surface area contributed by atoms with Crippen LogP contribution in [0.2, 0.25) is 10.0 Å². The van der Waals surface area contributed by atoms with Gasteiger partial charge in [-0.1, -0.05) is 23.2 Å². The van der Waals surface area contributed by atoms with Gasteiger partial charge < -0.3 is 15.0 Å². The van der Waals surface area contributed by atoms with E-state index < -0.39 is 11.4 Å². The third-order valence-corrected chi connectivity index (χ3v) is 4.10. The number of hydrogen-bond donors (Lipinski definition) is 1. The van der Waals surface area contributed by atoms with Crippen molar-refractivity contribution < 1.29 is 13.9 Å². The highest BCUT2D eigenvalue weighted by Crippen LogP contribution is 2.33. The Hall–Kier alpha value is -1.20. The minimum Gasteiger partial charge on any atom is -0.444 e. The minimum absolute atomic E-state index is 0.120. The van der Waals surface area contributed by atoms with Crippen LogP contribution in [-0.2, 0) is 4.74 Å². The fraction of sp³-hybridized carbons (Fsp3) is 0.562. The topological polar surface area (TPSA) is 41.6 Å². The summed E-state index contributed by atoms with van der Waals surface area (Å²) in [5.41, 5.74) is 0.0342. The van der Waals surface area contributed by atoms with Crippen LogP contribution in [0.5, 0.6) is 0 Å². The van der Waals surface area contributed by atoms with Gasteiger partial charge in [-0.15, -0.1) is 0 Å². The lowest BCUT2D eigenvalue weighted by molar-refractivity contribution is 0.0210. The largest absolute Gasteiger partial charge is 0.444 e. The molecule has 0 unspecified atom stereocenters. The van der Waals surface area contributed by atoms with Crippen molar-refractivity contribution in [3.63, 3.8) is 0 Å². The van der Waals surface area contributed by atoms with Gasteiger partial charge >= 0.3 is 6.09 Å². The number of benzene rings is 1. The van der Waals surface area contributed by atoms with Gasteiger partial charge in [-0.2, -0.15) is 0 Å². The van der Waals surface area contributed by atoms with Crippen LogP contribution in [0.15, 0.2) is 12.1 Å². The number of rotatable bonds is 2. The molecule has 1 aromatic carbocycles. The average molecular weight is 363 g/mol. The summed E-state index contributed by atoms with van der Waals surface area (Å²) in [5.74, 6) is -0.467. The Kier molecular flexibility index (Phi) is 5.63. The van der Waals surface area contributed by atoms with Crippen molar-refractivity contribution in [2.45, 2.75) is 45.3 Å². The molecular weight excluding hydrogens is 342 g/mol. The van der Waals surface area contributed by atoms with Gasteiger partial charge in [0, 0.05) is 19.1 Å². The first-order chi connectivity index (χ1) is 10.7. The monoisotopic (exact) mass is 362 g/mol. The van der Waals surface area contributed by atoms with Crippen LogP contribution in [0.1, 0.15) is 33.6 Å². The van der Waals surface area contributed by atoms with Gasteiger partial charge in [0.1, 0.15) is 11.4 Å². The van der Waals surface area contributed by atoms with Crippen molar-refractivity contribution in [3.8, 4) is 0 Å². The molecule has 1 aromatic rings. The van der Waals surface area contributed by atoms with Crippen LogP contribution in [0, 0.1) is 5.82 Å². The van der Waals surface area contributed by atoms with Gasteiger partial charge in [0.25, 0.3) is 0 Å². The molecule has 0 radical (unpaired) electrons. The van der Waals surface area contributed by atoms with Gasteiger partial charge in [-0.25, -0.2) is 9.18 Å². The summed E-state index contributed by atoms with van der Waals surface area (Å²) in [4.78, 5) is 13.7. The van der Waals surface area contributed by atoms with Gasteiger partial charge in [-0.3, -0.25) is 0 Å². The van der Waals surface area contributed by atoms with E-state index in [2.05, 4.69) is 5.32 Å². The first-order valence-electron chi connectivity index (χ1n) is 7.55. The van der Waals surface area contributed by atoms with E-state index in [1.54, 1.807) is 4.90 Å². The molecule has 0 saturated carbocycles. The number of piperidine rings is 1. The number of carbonyl (C=O) groups is 1. The molecule has 1 aliphatic heterocycles. The van der Waals surface area contributed by atoms with Gasteiger partial charge in [0.2, 0.25) is 0 Å². The Balaban J connectivity index is 1.92. The number of nitrogens with zero attached hydrogens (tertiary/aromatic N) is 1. The number of amides is 1. The molecule has 4 nitrogen and oxygen atoms in total. The molecule has 0 aromatic heterocycles. The third kappa shape index (κ3) is 5.15. The van der Waals surface area contributed by atoms with Crippen LogP contribution < -0.4 is 5.32 Å². The lowest BCUT2D eigenvalue weighted by Crippen LogP contribution is -2.44. The number of carbonyl (C=O) groups excluding carboxylic acids is 1. The van der Waals surface area contributed by atoms with Crippen molar-refractivity contribution in [1.29, 1.82) is 0 Å². The first kappa shape index (κ1) is 18.1. The Labute approximate surface area is 145 Å². The molecule has 1 amide bonds. The van der Waals surface area contributed by atoms with Gasteiger partial charge in [-0.05, 0) is 45.7 Å². The van der Waals surface area contributed by atoms with E-state index in [1.807, 2.05) is 20.8 Å². The molecule has 1 saturated heterocycles. The Morgan fingerprint density at radius 3 is 2.26 bits per heavy atom. The second-order valence-electron chi connectivity index (χ2n) is 6.63. The first-order valence-corrected chi connectivity index (χ1v) is 8.30. The fourth-order valence-corrected chi connectivity index (χ4v) is 2.99. The van der Waals surface area contributed by atoms with Crippen molar-refractivity contribution in [2.75, 3.05) is 18.4 Å². The average Bonchev–Trinajstić information content (AvgIpc) is 2.41. The second kappa shape index (κ2) is 7.14. The summed E-state index contributed by atoms with van der Waals surface area (Å²) in [7, 11) is 0. The number of nitrogens with one attached hydrogen (secondary N) is 1. The van der Waals surface area contributed by atoms with Crippen molar-refractivity contribution in [2.24, 2.45) is 0 Å². The maximum absolute atomic E-state index is 13.2. The summed E-state index contributed by atoms with van der Waals surface area (Å²) in [6.07, 6.45) is 1.18. The number of hydrogen-bond acceptors (Lipinski definition) is 3. The number of ether oxygens (including phenoxy) is 1. The zero-order valence-corrected chi connectivity index (χ0v) is 15.0. The van der Waals surface area contributed by atoms with E-state index in [1.165, 1.54) is 12.1 Å². The highest BCUT2D eigenvalue weighted by atomic mass is 35.5. The Morgan fingerprint density at radius 2 is 1.78 bits per heavy atom. The maximum atomic E-state index is 13.2. The van der Waals surface area contributed by atoms with E-state index in [0.29, 0.717) is 18.8 Å². The molecule has 0 aliphatic carbocycles. The quantitative estimate of drug-likeness (QED) is 0.809. The smallest absolute Gasteiger partial charge is 0.410 e. The summed E-state index contributed by atoms with van der Waals surface area (Å²) in [5, 5.41) is 3.75. The minimum atomic E-state index is -0.499. The van der Waals surface area contributed by atoms with Crippen LogP contribution in [0.3, 0.4) is 0 Å². The predicted octanol–water partition coefficient (Wildman–Crippen LogP) is 4.94. The molecule has 0 spiro atoms. The van der Waals surface area contributed by atoms with E-state index >= 15 is 0 Å². The summed E-state index contributed by atoms with van der Waals surface area (Å²) < 4.78 is 18.6. The Morgan fingerprint density at radius 1 is 1.26 bits per heavy atom. The normalized spacial score (nSPS) is 16.3. The zero-order valence-electron chi connectivity index (χ0n) is 13.5. The third-order valence-electron chi connectivity index (χ3n) is 3.50. The number of likely N-dealkylation sites (tertiary alicyclic amines) is 1. The molecular formula is C16H21Cl2FN2O2. The van der Waals surface area contributed by atoms with Crippen LogP contribution in [0.4, 0.5) is 14.9 Å². The van der Waals surface area contributed by atoms with E-state index in [-0.39, 0.29) is 22.2 Å². The summed E-state index contributed by atoms with van der Waals surface area (Å²) >= 11 is 12.1. The summed E-state index contributed by atoms with van der Waals surface area (Å²) in [6.45, 7) is 6.71. The molecule has 0 atom stereocenters. The highest BCUT2D eigenvalue weighted by molar-refractivity contribution is 6.39. The SMILES string of the molecule is CC(C)(C)OC(=O)N1CCC(Nc2c(Cl)cc(F)cc2Cl)CC1. The lowest BCUT2D eigenvalue weighted by Gasteiger charge is -2.34. The van der Waals surface area contributed by atoms with Crippen LogP contribution in [0.25, 0.3) is 0 Å². The second-order valence-corrected chi connectivity index (χ2v) is 7.44. The lowest BCUT2D eigenvalue weighted by atomic mass is 10.0. The van der Waals surface area contributed by atoms with Gasteiger partial charge in [0.15, 0.2) is 0 Å². The Bertz CT molecular complexity index is 559. The standard InChI is InChI=1S/C16H21Cl2FN2O2/c1-16(2,3)23-15(22)21-6-4-11(5-7-21)20-14-12(17)8-10(19)9-13(14)18/h8-9,11,20H,4-7H2,1-3H3. The number of anilines is 1. The molecule has 23 heavy (non-hydrogen) atoms. The van der Waals surface area contributed by atoms with Crippen molar-refractivity contribution >= 4 is 35.0 Å². The predicted molar refractivity (Wildman–Crippen MR) is 90.9 cm³/mol. The van der Waals surface area contributed by atoms with E-state index in [4.69, 9.17) is 27.9 Å². The molecule has 1 N–H and O–H groups in total. The van der Waals surface area contributed by atoms with E-state index in [0.717, 1.165) is 12.8 Å². The molecule has 0 bridgehead atoms. The van der Waals surface area contributed by atoms with Gasteiger partial charge in [0.05, 0.1) is 15.7 Å². The number of halogens is 3. The van der Waals surface area contributed by atoms with Crippen LogP contribution >= 0.6 is 23.2 Å². The molecule has 1 aliphatic rings. The fourth-order valence-electron chi connectivity index (χ4n) is 2.42. The molecule has 7 heteroatoms. The van der Waals surface area contributed by atoms with E-state index in [9.17, 15) is 9.18 Å². The highest BCUT2D eigenvalue weighted by Gasteiger charge is 2.27.